The van der Waals surface area contributed by atoms with Crippen LogP contribution in [-0.2, 0) is 17.6 Å². The van der Waals surface area contributed by atoms with Crippen LogP contribution >= 0.6 is 11.3 Å². The van der Waals surface area contributed by atoms with E-state index in [-0.39, 0.29) is 0 Å². The maximum absolute atomic E-state index is 5.60. The maximum Gasteiger partial charge on any atom is 0.191 e. The number of aromatic nitrogens is 1. The van der Waals surface area contributed by atoms with E-state index >= 15 is 0 Å². The van der Waals surface area contributed by atoms with Crippen LogP contribution in [0.5, 0.6) is 0 Å². The van der Waals surface area contributed by atoms with Gasteiger partial charge in [0.1, 0.15) is 0 Å². The van der Waals surface area contributed by atoms with E-state index < -0.39 is 0 Å². The molecule has 1 saturated heterocycles. The number of thiazole rings is 1. The van der Waals surface area contributed by atoms with Gasteiger partial charge in [-0.05, 0) is 26.2 Å². The molecule has 2 rings (SSSR count). The summed E-state index contributed by atoms with van der Waals surface area (Å²) < 4.78 is 5.60. The molecule has 1 aliphatic heterocycles. The minimum absolute atomic E-state index is 0.297. The van der Waals surface area contributed by atoms with E-state index in [0.29, 0.717) is 6.10 Å². The highest BCUT2D eigenvalue weighted by atomic mass is 32.1. The molecule has 0 bridgehead atoms. The van der Waals surface area contributed by atoms with Crippen LogP contribution in [0.3, 0.4) is 0 Å². The molecule has 0 aromatic carbocycles. The Morgan fingerprint density at radius 2 is 2.38 bits per heavy atom. The van der Waals surface area contributed by atoms with Gasteiger partial charge in [0.2, 0.25) is 0 Å². The summed E-state index contributed by atoms with van der Waals surface area (Å²) in [7, 11) is 0. The summed E-state index contributed by atoms with van der Waals surface area (Å²) in [5.41, 5.74) is 1.17. The largest absolute Gasteiger partial charge is 0.376 e. The molecule has 21 heavy (non-hydrogen) atoms. The smallest absolute Gasteiger partial charge is 0.191 e. The zero-order valence-corrected chi connectivity index (χ0v) is 13.8. The molecule has 2 heterocycles. The number of rotatable bonds is 7. The van der Waals surface area contributed by atoms with Gasteiger partial charge >= 0.3 is 0 Å². The third-order valence-electron chi connectivity index (χ3n) is 3.40. The average molecular weight is 310 g/mol. The molecule has 1 aromatic rings. The van der Waals surface area contributed by atoms with E-state index in [0.717, 1.165) is 57.9 Å². The van der Waals surface area contributed by atoms with E-state index in [2.05, 4.69) is 39.8 Å². The van der Waals surface area contributed by atoms with Crippen molar-refractivity contribution >= 4 is 17.3 Å². The SMILES string of the molecule is CCNC(=NCC1CCCO1)NCCc1csc(CC)n1. The van der Waals surface area contributed by atoms with Crippen molar-refractivity contribution in [3.63, 3.8) is 0 Å². The Morgan fingerprint density at radius 1 is 1.48 bits per heavy atom. The van der Waals surface area contributed by atoms with Crippen LogP contribution in [0.15, 0.2) is 10.4 Å². The standard InChI is InChI=1S/C15H26N4OS/c1-3-14-19-12(11-21-14)7-8-17-15(16-4-2)18-10-13-6-5-9-20-13/h11,13H,3-10H2,1-2H3,(H2,16,17,18). The molecule has 118 valence electrons. The molecule has 0 amide bonds. The Bertz CT molecular complexity index is 441. The molecule has 0 aliphatic carbocycles. The van der Waals surface area contributed by atoms with Crippen LogP contribution in [0.25, 0.3) is 0 Å². The highest BCUT2D eigenvalue weighted by Crippen LogP contribution is 2.12. The number of aliphatic imine (C=N–C) groups is 1. The summed E-state index contributed by atoms with van der Waals surface area (Å²) in [6, 6.07) is 0. The predicted molar refractivity (Wildman–Crippen MR) is 88.2 cm³/mol. The first-order valence-corrected chi connectivity index (χ1v) is 8.76. The Morgan fingerprint density at radius 3 is 3.05 bits per heavy atom. The topological polar surface area (TPSA) is 58.5 Å². The van der Waals surface area contributed by atoms with Crippen molar-refractivity contribution in [2.75, 3.05) is 26.2 Å². The molecular formula is C15H26N4OS. The molecule has 2 N–H and O–H groups in total. The Labute approximate surface area is 131 Å². The molecular weight excluding hydrogens is 284 g/mol. The van der Waals surface area contributed by atoms with E-state index in [1.54, 1.807) is 11.3 Å². The second kappa shape index (κ2) is 9.00. The van der Waals surface area contributed by atoms with Gasteiger partial charge in [-0.3, -0.25) is 4.99 Å². The summed E-state index contributed by atoms with van der Waals surface area (Å²) >= 11 is 1.74. The lowest BCUT2D eigenvalue weighted by molar-refractivity contribution is 0.117. The van der Waals surface area contributed by atoms with Gasteiger partial charge in [-0.2, -0.15) is 0 Å². The molecule has 0 saturated carbocycles. The maximum atomic E-state index is 5.60. The first-order valence-electron chi connectivity index (χ1n) is 7.88. The Hall–Kier alpha value is -1.14. The van der Waals surface area contributed by atoms with Gasteiger partial charge in [0.25, 0.3) is 0 Å². The third kappa shape index (κ3) is 5.63. The fraction of sp³-hybridized carbons (Fsp3) is 0.733. The lowest BCUT2D eigenvalue weighted by atomic mass is 10.2. The van der Waals surface area contributed by atoms with Crippen molar-refractivity contribution in [3.8, 4) is 0 Å². The predicted octanol–water partition coefficient (Wildman–Crippen LogP) is 1.98. The van der Waals surface area contributed by atoms with Crippen LogP contribution in [-0.4, -0.2) is 43.3 Å². The molecule has 1 aromatic heterocycles. The van der Waals surface area contributed by atoms with Gasteiger partial charge in [-0.15, -0.1) is 11.3 Å². The van der Waals surface area contributed by atoms with Crippen LogP contribution in [0.1, 0.15) is 37.4 Å². The van der Waals surface area contributed by atoms with Crippen molar-refractivity contribution in [1.29, 1.82) is 0 Å². The number of guanidine groups is 1. The molecule has 0 radical (unpaired) electrons. The molecule has 5 nitrogen and oxygen atoms in total. The Kier molecular flexibility index (Phi) is 6.95. The molecule has 1 fully saturated rings. The molecule has 1 unspecified atom stereocenters. The van der Waals surface area contributed by atoms with Gasteiger partial charge in [0.15, 0.2) is 5.96 Å². The highest BCUT2D eigenvalue weighted by molar-refractivity contribution is 7.09. The van der Waals surface area contributed by atoms with E-state index in [1.165, 1.54) is 10.7 Å². The quantitative estimate of drug-likeness (QED) is 0.597. The molecule has 1 aliphatic rings. The van der Waals surface area contributed by atoms with E-state index in [1.807, 2.05) is 0 Å². The summed E-state index contributed by atoms with van der Waals surface area (Å²) in [5, 5.41) is 10.0. The summed E-state index contributed by atoms with van der Waals surface area (Å²) in [5.74, 6) is 0.874. The van der Waals surface area contributed by atoms with Gasteiger partial charge in [0.05, 0.1) is 23.4 Å². The van der Waals surface area contributed by atoms with Gasteiger partial charge in [-0.1, -0.05) is 6.92 Å². The van der Waals surface area contributed by atoms with Crippen LogP contribution in [0.2, 0.25) is 0 Å². The zero-order valence-electron chi connectivity index (χ0n) is 13.0. The van der Waals surface area contributed by atoms with Gasteiger partial charge in [0, 0.05) is 31.5 Å². The molecule has 0 spiro atoms. The second-order valence-electron chi connectivity index (χ2n) is 5.12. The molecule has 1 atom stereocenters. The second-order valence-corrected chi connectivity index (χ2v) is 6.06. The monoisotopic (exact) mass is 310 g/mol. The lowest BCUT2D eigenvalue weighted by Crippen LogP contribution is -2.39. The number of nitrogens with one attached hydrogen (secondary N) is 2. The van der Waals surface area contributed by atoms with Crippen LogP contribution in [0.4, 0.5) is 0 Å². The average Bonchev–Trinajstić information content (AvgIpc) is 3.16. The minimum Gasteiger partial charge on any atom is -0.376 e. The van der Waals surface area contributed by atoms with Crippen LogP contribution < -0.4 is 10.6 Å². The normalized spacial score (nSPS) is 19.0. The fourth-order valence-electron chi connectivity index (χ4n) is 2.26. The third-order valence-corrected chi connectivity index (χ3v) is 4.44. The van der Waals surface area contributed by atoms with Crippen molar-refractivity contribution in [2.45, 2.75) is 45.6 Å². The highest BCUT2D eigenvalue weighted by Gasteiger charge is 2.14. The summed E-state index contributed by atoms with van der Waals surface area (Å²) in [6.07, 6.45) is 4.53. The first-order chi connectivity index (χ1) is 10.3. The van der Waals surface area contributed by atoms with Crippen LogP contribution in [0, 0.1) is 0 Å². The van der Waals surface area contributed by atoms with E-state index in [4.69, 9.17) is 4.74 Å². The summed E-state index contributed by atoms with van der Waals surface area (Å²) in [4.78, 5) is 9.18. The van der Waals surface area contributed by atoms with Gasteiger partial charge in [-0.25, -0.2) is 4.98 Å². The van der Waals surface area contributed by atoms with Crippen molar-refractivity contribution in [3.05, 3.63) is 16.1 Å². The number of aryl methyl sites for hydroxylation is 1. The van der Waals surface area contributed by atoms with E-state index in [9.17, 15) is 0 Å². The minimum atomic E-state index is 0.297. The van der Waals surface area contributed by atoms with Crippen molar-refractivity contribution in [1.82, 2.24) is 15.6 Å². The van der Waals surface area contributed by atoms with Crippen molar-refractivity contribution < 1.29 is 4.74 Å². The number of hydrogen-bond acceptors (Lipinski definition) is 4. The number of hydrogen-bond donors (Lipinski definition) is 2. The Balaban J connectivity index is 1.74. The number of nitrogens with zero attached hydrogens (tertiary/aromatic N) is 2. The first kappa shape index (κ1) is 16.2. The summed E-state index contributed by atoms with van der Waals surface area (Å²) in [6.45, 7) is 7.57. The zero-order chi connectivity index (χ0) is 14.9. The lowest BCUT2D eigenvalue weighted by Gasteiger charge is -2.12. The molecule has 6 heteroatoms. The van der Waals surface area contributed by atoms with Gasteiger partial charge < -0.3 is 15.4 Å². The fourth-order valence-corrected chi connectivity index (χ4v) is 3.04. The van der Waals surface area contributed by atoms with Crippen molar-refractivity contribution in [2.24, 2.45) is 4.99 Å². The number of ether oxygens (including phenoxy) is 1.